The molecule has 1 aliphatic heterocycles. The van der Waals surface area contributed by atoms with Gasteiger partial charge in [0.25, 0.3) is 11.8 Å². The van der Waals surface area contributed by atoms with Crippen LogP contribution in [0.15, 0.2) is 18.3 Å². The summed E-state index contributed by atoms with van der Waals surface area (Å²) in [4.78, 5) is 27.8. The zero-order chi connectivity index (χ0) is 15.9. The Bertz CT molecular complexity index is 730. The van der Waals surface area contributed by atoms with Crippen LogP contribution < -0.4 is 0 Å². The molecular weight excluding hydrogens is 284 g/mol. The molecular formula is C14H18N6O2. The van der Waals surface area contributed by atoms with E-state index in [1.807, 2.05) is 19.3 Å². The first-order chi connectivity index (χ1) is 10.5. The highest BCUT2D eigenvalue weighted by atomic mass is 16.2. The molecule has 2 aromatic rings. The molecule has 116 valence electrons. The van der Waals surface area contributed by atoms with Gasteiger partial charge in [-0.15, -0.1) is 10.2 Å². The number of aryl methyl sites for hydroxylation is 1. The summed E-state index contributed by atoms with van der Waals surface area (Å²) in [6.45, 7) is 1.41. The Morgan fingerprint density at radius 1 is 1.23 bits per heavy atom. The fourth-order valence-corrected chi connectivity index (χ4v) is 2.53. The van der Waals surface area contributed by atoms with Gasteiger partial charge in [-0.1, -0.05) is 0 Å². The van der Waals surface area contributed by atoms with Crippen molar-refractivity contribution in [1.29, 1.82) is 0 Å². The van der Waals surface area contributed by atoms with E-state index < -0.39 is 0 Å². The molecule has 0 aliphatic carbocycles. The summed E-state index contributed by atoms with van der Waals surface area (Å²) in [5.74, 6) is 0.744. The molecule has 0 saturated carbocycles. The predicted octanol–water partition coefficient (Wildman–Crippen LogP) is -0.0256. The molecule has 0 aromatic carbocycles. The molecule has 0 N–H and O–H groups in total. The van der Waals surface area contributed by atoms with E-state index in [0.29, 0.717) is 37.0 Å². The van der Waals surface area contributed by atoms with Gasteiger partial charge in [-0.05, 0) is 12.1 Å². The van der Waals surface area contributed by atoms with Crippen LogP contribution in [0.5, 0.6) is 0 Å². The summed E-state index contributed by atoms with van der Waals surface area (Å²) in [5.41, 5.74) is 0.637. The summed E-state index contributed by atoms with van der Waals surface area (Å²) in [7, 11) is 5.20. The highest BCUT2D eigenvalue weighted by Crippen LogP contribution is 2.16. The van der Waals surface area contributed by atoms with Gasteiger partial charge >= 0.3 is 0 Å². The highest BCUT2D eigenvalue weighted by molar-refractivity contribution is 5.93. The largest absolute Gasteiger partial charge is 0.347 e. The minimum absolute atomic E-state index is 0.0396. The standard InChI is InChI=1S/C14H18N6O2/c1-17(2)14(22)12-16-15-11-9-19(7-8-20(11)12)13(21)10-5-4-6-18(10)3/h4-6H,7-9H2,1-3H3. The molecule has 22 heavy (non-hydrogen) atoms. The first kappa shape index (κ1) is 14.3. The third kappa shape index (κ3) is 2.26. The van der Waals surface area contributed by atoms with Gasteiger partial charge in [0.2, 0.25) is 5.82 Å². The molecule has 0 spiro atoms. The van der Waals surface area contributed by atoms with Gasteiger partial charge in [0.1, 0.15) is 5.69 Å². The van der Waals surface area contributed by atoms with Crippen molar-refractivity contribution in [2.24, 2.45) is 7.05 Å². The third-order valence-corrected chi connectivity index (χ3v) is 3.80. The van der Waals surface area contributed by atoms with E-state index in [9.17, 15) is 9.59 Å². The van der Waals surface area contributed by atoms with Crippen LogP contribution in [0.1, 0.15) is 26.9 Å². The topological polar surface area (TPSA) is 76.3 Å². The summed E-state index contributed by atoms with van der Waals surface area (Å²) in [6, 6.07) is 3.64. The Balaban J connectivity index is 1.82. The van der Waals surface area contributed by atoms with Crippen LogP contribution in [0.4, 0.5) is 0 Å². The number of amides is 2. The number of carbonyl (C=O) groups excluding carboxylic acids is 2. The maximum atomic E-state index is 12.5. The predicted molar refractivity (Wildman–Crippen MR) is 78.2 cm³/mol. The Kier molecular flexibility index (Phi) is 3.44. The number of fused-ring (bicyclic) bond motifs is 1. The van der Waals surface area contributed by atoms with E-state index >= 15 is 0 Å². The zero-order valence-corrected chi connectivity index (χ0v) is 12.9. The fraction of sp³-hybridized carbons (Fsp3) is 0.429. The van der Waals surface area contributed by atoms with E-state index in [0.717, 1.165) is 0 Å². The van der Waals surface area contributed by atoms with E-state index in [2.05, 4.69) is 10.2 Å². The number of hydrogen-bond donors (Lipinski definition) is 0. The van der Waals surface area contributed by atoms with Crippen molar-refractivity contribution in [3.8, 4) is 0 Å². The van der Waals surface area contributed by atoms with Crippen LogP contribution in [0.2, 0.25) is 0 Å². The lowest BCUT2D eigenvalue weighted by molar-refractivity contribution is 0.0694. The molecule has 8 nitrogen and oxygen atoms in total. The molecule has 0 fully saturated rings. The van der Waals surface area contributed by atoms with Gasteiger partial charge in [-0.2, -0.15) is 0 Å². The van der Waals surface area contributed by atoms with Gasteiger partial charge in [-0.25, -0.2) is 0 Å². The van der Waals surface area contributed by atoms with Crippen molar-refractivity contribution in [3.05, 3.63) is 35.7 Å². The normalized spacial score (nSPS) is 13.9. The van der Waals surface area contributed by atoms with E-state index in [1.54, 1.807) is 34.2 Å². The SMILES string of the molecule is CN(C)C(=O)c1nnc2n1CCN(C(=O)c1cccn1C)C2. The average Bonchev–Trinajstić information content (AvgIpc) is 3.11. The van der Waals surface area contributed by atoms with Gasteiger partial charge in [0, 0.05) is 40.4 Å². The molecule has 1 aliphatic rings. The first-order valence-corrected chi connectivity index (χ1v) is 7.03. The van der Waals surface area contributed by atoms with Gasteiger partial charge < -0.3 is 18.9 Å². The van der Waals surface area contributed by atoms with Crippen molar-refractivity contribution in [1.82, 2.24) is 29.1 Å². The van der Waals surface area contributed by atoms with Crippen LogP contribution >= 0.6 is 0 Å². The zero-order valence-electron chi connectivity index (χ0n) is 12.9. The second kappa shape index (κ2) is 5.28. The summed E-state index contributed by atoms with van der Waals surface area (Å²) in [6.07, 6.45) is 1.84. The average molecular weight is 302 g/mol. The van der Waals surface area contributed by atoms with Crippen LogP contribution in [-0.4, -0.2) is 61.6 Å². The molecule has 0 atom stereocenters. The van der Waals surface area contributed by atoms with Gasteiger partial charge in [0.05, 0.1) is 6.54 Å². The number of rotatable bonds is 2. The molecule has 3 rings (SSSR count). The summed E-state index contributed by atoms with van der Waals surface area (Å²) >= 11 is 0. The molecule has 0 radical (unpaired) electrons. The number of hydrogen-bond acceptors (Lipinski definition) is 4. The Hall–Kier alpha value is -2.64. The highest BCUT2D eigenvalue weighted by Gasteiger charge is 2.28. The lowest BCUT2D eigenvalue weighted by Gasteiger charge is -2.28. The van der Waals surface area contributed by atoms with E-state index in [1.165, 1.54) is 4.90 Å². The van der Waals surface area contributed by atoms with Crippen LogP contribution in [0.3, 0.4) is 0 Å². The third-order valence-electron chi connectivity index (χ3n) is 3.80. The smallest absolute Gasteiger partial charge is 0.291 e. The van der Waals surface area contributed by atoms with E-state index in [-0.39, 0.29) is 11.8 Å². The van der Waals surface area contributed by atoms with Crippen molar-refractivity contribution in [2.45, 2.75) is 13.1 Å². The lowest BCUT2D eigenvalue weighted by Crippen LogP contribution is -2.40. The fourth-order valence-electron chi connectivity index (χ4n) is 2.53. The second-order valence-corrected chi connectivity index (χ2v) is 5.52. The number of nitrogens with zero attached hydrogens (tertiary/aromatic N) is 6. The Morgan fingerprint density at radius 3 is 2.64 bits per heavy atom. The molecule has 2 aromatic heterocycles. The molecule has 0 saturated heterocycles. The van der Waals surface area contributed by atoms with Gasteiger partial charge in [0.15, 0.2) is 5.82 Å². The molecule has 3 heterocycles. The minimum atomic E-state index is -0.180. The maximum Gasteiger partial charge on any atom is 0.291 e. The summed E-state index contributed by atoms with van der Waals surface area (Å²) in [5, 5.41) is 8.03. The Morgan fingerprint density at radius 2 is 2.00 bits per heavy atom. The molecule has 0 unspecified atom stereocenters. The Labute approximate surface area is 127 Å². The number of carbonyl (C=O) groups is 2. The van der Waals surface area contributed by atoms with Crippen LogP contribution in [0, 0.1) is 0 Å². The lowest BCUT2D eigenvalue weighted by atomic mass is 10.3. The minimum Gasteiger partial charge on any atom is -0.347 e. The van der Waals surface area contributed by atoms with Crippen molar-refractivity contribution < 1.29 is 9.59 Å². The van der Waals surface area contributed by atoms with Crippen molar-refractivity contribution in [3.63, 3.8) is 0 Å². The molecule has 8 heteroatoms. The van der Waals surface area contributed by atoms with E-state index in [4.69, 9.17) is 0 Å². The first-order valence-electron chi connectivity index (χ1n) is 7.03. The van der Waals surface area contributed by atoms with Crippen molar-refractivity contribution >= 4 is 11.8 Å². The quantitative estimate of drug-likeness (QED) is 0.781. The van der Waals surface area contributed by atoms with Crippen LogP contribution in [0.25, 0.3) is 0 Å². The maximum absolute atomic E-state index is 12.5. The second-order valence-electron chi connectivity index (χ2n) is 5.52. The van der Waals surface area contributed by atoms with Gasteiger partial charge in [-0.3, -0.25) is 9.59 Å². The molecule has 2 amide bonds. The monoisotopic (exact) mass is 302 g/mol. The summed E-state index contributed by atoms with van der Waals surface area (Å²) < 4.78 is 3.58. The molecule has 0 bridgehead atoms. The van der Waals surface area contributed by atoms with Crippen molar-refractivity contribution in [2.75, 3.05) is 20.6 Å². The number of aromatic nitrogens is 4. The van der Waals surface area contributed by atoms with Crippen LogP contribution in [-0.2, 0) is 20.1 Å².